The van der Waals surface area contributed by atoms with Crippen molar-refractivity contribution in [1.82, 2.24) is 10.3 Å². The van der Waals surface area contributed by atoms with Crippen LogP contribution in [0.5, 0.6) is 0 Å². The molecule has 1 amide bonds. The maximum atomic E-state index is 12.0. The first-order chi connectivity index (χ1) is 10.1. The predicted molar refractivity (Wildman–Crippen MR) is 85.6 cm³/mol. The second-order valence-electron chi connectivity index (χ2n) is 4.81. The molecule has 0 aliphatic rings. The fourth-order valence-electron chi connectivity index (χ4n) is 2.02. The molecular weight excluding hydrogens is 307 g/mol. The van der Waals surface area contributed by atoms with Gasteiger partial charge in [0.25, 0.3) is 0 Å². The Morgan fingerprint density at radius 1 is 1.24 bits per heavy atom. The number of aromatic nitrogens is 1. The molecule has 0 fully saturated rings. The fourth-order valence-corrected chi connectivity index (χ4v) is 2.52. The van der Waals surface area contributed by atoms with Gasteiger partial charge >= 0.3 is 0 Å². The van der Waals surface area contributed by atoms with Gasteiger partial charge in [-0.3, -0.25) is 9.78 Å². The van der Waals surface area contributed by atoms with Crippen LogP contribution < -0.4 is 5.32 Å². The van der Waals surface area contributed by atoms with E-state index in [1.54, 1.807) is 24.5 Å². The zero-order chi connectivity index (χ0) is 15.2. The summed E-state index contributed by atoms with van der Waals surface area (Å²) in [6.45, 7) is 1.95. The summed E-state index contributed by atoms with van der Waals surface area (Å²) < 4.78 is 0. The summed E-state index contributed by atoms with van der Waals surface area (Å²) in [6, 6.07) is 9.06. The van der Waals surface area contributed by atoms with E-state index >= 15 is 0 Å². The van der Waals surface area contributed by atoms with Gasteiger partial charge in [0.15, 0.2) is 0 Å². The van der Waals surface area contributed by atoms with Gasteiger partial charge in [0.1, 0.15) is 0 Å². The lowest BCUT2D eigenvalue weighted by molar-refractivity contribution is -0.121. The highest BCUT2D eigenvalue weighted by Crippen LogP contribution is 2.22. The molecule has 0 bridgehead atoms. The number of rotatable bonds is 5. The molecule has 1 aromatic heterocycles. The van der Waals surface area contributed by atoms with Crippen LogP contribution in [0.4, 0.5) is 0 Å². The zero-order valence-corrected chi connectivity index (χ0v) is 13.2. The normalized spacial score (nSPS) is 12.0. The summed E-state index contributed by atoms with van der Waals surface area (Å²) in [5.74, 6) is -0.00895. The van der Waals surface area contributed by atoms with Crippen LogP contribution in [0.2, 0.25) is 10.0 Å². The molecule has 0 radical (unpaired) electrons. The van der Waals surface area contributed by atoms with Crippen molar-refractivity contribution in [2.75, 3.05) is 0 Å². The van der Waals surface area contributed by atoms with E-state index in [1.807, 2.05) is 25.1 Å². The minimum absolute atomic E-state index is 0.00895. The molecule has 0 aliphatic heterocycles. The minimum Gasteiger partial charge on any atom is -0.350 e. The summed E-state index contributed by atoms with van der Waals surface area (Å²) in [5.41, 5.74) is 1.95. The van der Waals surface area contributed by atoms with Crippen LogP contribution in [0.1, 0.15) is 30.5 Å². The van der Waals surface area contributed by atoms with Gasteiger partial charge < -0.3 is 5.32 Å². The lowest BCUT2D eigenvalue weighted by Crippen LogP contribution is -2.26. The molecule has 1 N–H and O–H groups in total. The van der Waals surface area contributed by atoms with E-state index in [0.29, 0.717) is 22.9 Å². The summed E-state index contributed by atoms with van der Waals surface area (Å²) in [4.78, 5) is 15.9. The Kier molecular flexibility index (Phi) is 5.59. The van der Waals surface area contributed by atoms with Gasteiger partial charge in [-0.2, -0.15) is 0 Å². The Hall–Kier alpha value is -1.58. The van der Waals surface area contributed by atoms with Crippen molar-refractivity contribution in [3.8, 4) is 0 Å². The minimum atomic E-state index is -0.0406. The van der Waals surface area contributed by atoms with Gasteiger partial charge in [0.05, 0.1) is 6.04 Å². The quantitative estimate of drug-likeness (QED) is 0.896. The first kappa shape index (κ1) is 15.8. The Balaban J connectivity index is 1.87. The SMILES string of the molecule is CC(NC(=O)CCc1ccc(Cl)cc1Cl)c1ccncc1. The van der Waals surface area contributed by atoms with E-state index in [4.69, 9.17) is 23.2 Å². The molecule has 1 aromatic carbocycles. The lowest BCUT2D eigenvalue weighted by atomic mass is 10.1. The molecule has 2 rings (SSSR count). The summed E-state index contributed by atoms with van der Waals surface area (Å²) in [7, 11) is 0. The topological polar surface area (TPSA) is 42.0 Å². The monoisotopic (exact) mass is 322 g/mol. The maximum absolute atomic E-state index is 12.0. The van der Waals surface area contributed by atoms with Crippen molar-refractivity contribution in [3.63, 3.8) is 0 Å². The molecule has 0 spiro atoms. The smallest absolute Gasteiger partial charge is 0.220 e. The van der Waals surface area contributed by atoms with E-state index in [-0.39, 0.29) is 11.9 Å². The van der Waals surface area contributed by atoms with Gasteiger partial charge in [-0.05, 0) is 48.7 Å². The van der Waals surface area contributed by atoms with Crippen LogP contribution in [0.25, 0.3) is 0 Å². The Bertz CT molecular complexity index is 617. The number of hydrogen-bond acceptors (Lipinski definition) is 2. The first-order valence-corrected chi connectivity index (χ1v) is 7.45. The Morgan fingerprint density at radius 2 is 1.95 bits per heavy atom. The number of nitrogens with zero attached hydrogens (tertiary/aromatic N) is 1. The van der Waals surface area contributed by atoms with Crippen molar-refractivity contribution in [2.24, 2.45) is 0 Å². The molecule has 1 heterocycles. The van der Waals surface area contributed by atoms with Gasteiger partial charge in [0, 0.05) is 28.9 Å². The van der Waals surface area contributed by atoms with Crippen molar-refractivity contribution in [3.05, 3.63) is 63.9 Å². The molecule has 5 heteroatoms. The molecule has 1 unspecified atom stereocenters. The second kappa shape index (κ2) is 7.43. The number of aryl methyl sites for hydroxylation is 1. The summed E-state index contributed by atoms with van der Waals surface area (Å²) >= 11 is 11.9. The predicted octanol–water partition coefficient (Wildman–Crippen LogP) is 4.20. The molecule has 21 heavy (non-hydrogen) atoms. The number of pyridine rings is 1. The van der Waals surface area contributed by atoms with Crippen LogP contribution in [0.15, 0.2) is 42.7 Å². The van der Waals surface area contributed by atoms with E-state index in [0.717, 1.165) is 11.1 Å². The van der Waals surface area contributed by atoms with E-state index in [9.17, 15) is 4.79 Å². The Labute approximate surface area is 134 Å². The Morgan fingerprint density at radius 3 is 2.62 bits per heavy atom. The van der Waals surface area contributed by atoms with Crippen molar-refractivity contribution >= 4 is 29.1 Å². The fraction of sp³-hybridized carbons (Fsp3) is 0.250. The van der Waals surface area contributed by atoms with Crippen molar-refractivity contribution in [1.29, 1.82) is 0 Å². The third-order valence-electron chi connectivity index (χ3n) is 3.22. The third-order valence-corrected chi connectivity index (χ3v) is 3.81. The maximum Gasteiger partial charge on any atom is 0.220 e. The van der Waals surface area contributed by atoms with Crippen LogP contribution in [-0.4, -0.2) is 10.9 Å². The molecule has 3 nitrogen and oxygen atoms in total. The van der Waals surface area contributed by atoms with E-state index in [1.165, 1.54) is 0 Å². The molecule has 0 saturated heterocycles. The highest BCUT2D eigenvalue weighted by molar-refractivity contribution is 6.35. The van der Waals surface area contributed by atoms with Crippen LogP contribution >= 0.6 is 23.2 Å². The zero-order valence-electron chi connectivity index (χ0n) is 11.6. The number of carbonyl (C=O) groups excluding carboxylic acids is 1. The summed E-state index contributed by atoms with van der Waals surface area (Å²) in [6.07, 6.45) is 4.40. The average molecular weight is 323 g/mol. The molecule has 2 aromatic rings. The number of benzene rings is 1. The first-order valence-electron chi connectivity index (χ1n) is 6.69. The number of hydrogen-bond donors (Lipinski definition) is 1. The van der Waals surface area contributed by atoms with Gasteiger partial charge in [-0.15, -0.1) is 0 Å². The average Bonchev–Trinajstić information content (AvgIpc) is 2.47. The number of amides is 1. The molecule has 0 aliphatic carbocycles. The van der Waals surface area contributed by atoms with Crippen LogP contribution in [0, 0.1) is 0 Å². The molecule has 110 valence electrons. The van der Waals surface area contributed by atoms with E-state index in [2.05, 4.69) is 10.3 Å². The van der Waals surface area contributed by atoms with Gasteiger partial charge in [-0.1, -0.05) is 29.3 Å². The van der Waals surface area contributed by atoms with Gasteiger partial charge in [-0.25, -0.2) is 0 Å². The summed E-state index contributed by atoms with van der Waals surface area (Å²) in [5, 5.41) is 4.15. The van der Waals surface area contributed by atoms with Crippen molar-refractivity contribution in [2.45, 2.75) is 25.8 Å². The van der Waals surface area contributed by atoms with E-state index < -0.39 is 0 Å². The molecule has 0 saturated carbocycles. The standard InChI is InChI=1S/C16H16Cl2N2O/c1-11(12-6-8-19-9-7-12)20-16(21)5-3-13-2-4-14(17)10-15(13)18/h2,4,6-11H,3,5H2,1H3,(H,20,21). The van der Waals surface area contributed by atoms with Gasteiger partial charge in [0.2, 0.25) is 5.91 Å². The number of nitrogens with one attached hydrogen (secondary N) is 1. The van der Waals surface area contributed by atoms with Crippen molar-refractivity contribution < 1.29 is 4.79 Å². The number of halogens is 2. The molecular formula is C16H16Cl2N2O. The molecule has 1 atom stereocenters. The van der Waals surface area contributed by atoms with Crippen LogP contribution in [0.3, 0.4) is 0 Å². The highest BCUT2D eigenvalue weighted by Gasteiger charge is 2.10. The number of carbonyl (C=O) groups is 1. The largest absolute Gasteiger partial charge is 0.350 e. The third kappa shape index (κ3) is 4.73. The highest BCUT2D eigenvalue weighted by atomic mass is 35.5. The van der Waals surface area contributed by atoms with Crippen LogP contribution in [-0.2, 0) is 11.2 Å². The lowest BCUT2D eigenvalue weighted by Gasteiger charge is -2.14. The second-order valence-corrected chi connectivity index (χ2v) is 5.65.